The Morgan fingerprint density at radius 3 is 2.76 bits per heavy atom. The van der Waals surface area contributed by atoms with Crippen LogP contribution in [-0.2, 0) is 22.7 Å². The Labute approximate surface area is 168 Å². The number of nitrogens with zero attached hydrogens (tertiary/aromatic N) is 3. The lowest BCUT2D eigenvalue weighted by atomic mass is 9.96. The highest BCUT2D eigenvalue weighted by Gasteiger charge is 2.30. The van der Waals surface area contributed by atoms with Crippen molar-refractivity contribution in [3.05, 3.63) is 72.4 Å². The van der Waals surface area contributed by atoms with E-state index < -0.39 is 0 Å². The minimum Gasteiger partial charge on any atom is -0.444 e. The van der Waals surface area contributed by atoms with E-state index in [0.717, 1.165) is 11.3 Å². The topological polar surface area (TPSA) is 88.3 Å². The summed E-state index contributed by atoms with van der Waals surface area (Å²) in [5, 5.41) is 2.92. The summed E-state index contributed by atoms with van der Waals surface area (Å²) < 4.78 is 5.50. The quantitative estimate of drug-likeness (QED) is 0.699. The van der Waals surface area contributed by atoms with Crippen LogP contribution < -0.4 is 5.32 Å². The highest BCUT2D eigenvalue weighted by atomic mass is 16.3. The highest BCUT2D eigenvalue weighted by molar-refractivity contribution is 5.83. The molecule has 1 aromatic carbocycles. The molecule has 29 heavy (non-hydrogen) atoms. The number of rotatable bonds is 6. The number of carbonyl (C=O) groups excluding carboxylic acids is 2. The van der Waals surface area contributed by atoms with E-state index in [0.29, 0.717) is 44.1 Å². The second kappa shape index (κ2) is 8.68. The second-order valence-corrected chi connectivity index (χ2v) is 7.06. The molecule has 0 radical (unpaired) electrons. The molecule has 0 aliphatic carbocycles. The molecular formula is C22H22N4O3. The van der Waals surface area contributed by atoms with Crippen molar-refractivity contribution in [2.45, 2.75) is 25.9 Å². The van der Waals surface area contributed by atoms with Crippen LogP contribution in [0.25, 0.3) is 11.5 Å². The monoisotopic (exact) mass is 390 g/mol. The highest BCUT2D eigenvalue weighted by Crippen LogP contribution is 2.20. The lowest BCUT2D eigenvalue weighted by Crippen LogP contribution is -2.45. The Hall–Kier alpha value is -3.48. The van der Waals surface area contributed by atoms with Crippen LogP contribution in [0, 0.1) is 5.92 Å². The molecule has 4 rings (SSSR count). The zero-order chi connectivity index (χ0) is 20.1. The van der Waals surface area contributed by atoms with Crippen LogP contribution in [0.3, 0.4) is 0 Å². The number of hydrogen-bond donors (Lipinski definition) is 1. The van der Waals surface area contributed by atoms with Crippen molar-refractivity contribution >= 4 is 11.8 Å². The summed E-state index contributed by atoms with van der Waals surface area (Å²) in [6.45, 7) is 1.11. The third-order valence-corrected chi connectivity index (χ3v) is 4.97. The third kappa shape index (κ3) is 4.68. The maximum absolute atomic E-state index is 12.6. The summed E-state index contributed by atoms with van der Waals surface area (Å²) in [4.78, 5) is 35.3. The first-order chi connectivity index (χ1) is 14.2. The molecule has 3 heterocycles. The number of amides is 2. The number of pyridine rings is 1. The van der Waals surface area contributed by atoms with Gasteiger partial charge in [0.05, 0.1) is 30.4 Å². The van der Waals surface area contributed by atoms with Crippen molar-refractivity contribution in [2.75, 3.05) is 6.54 Å². The van der Waals surface area contributed by atoms with Gasteiger partial charge in [0.2, 0.25) is 17.7 Å². The summed E-state index contributed by atoms with van der Waals surface area (Å²) in [5.41, 5.74) is 2.37. The summed E-state index contributed by atoms with van der Waals surface area (Å²) in [7, 11) is 0. The molecule has 1 unspecified atom stereocenters. The first-order valence-electron chi connectivity index (χ1n) is 9.64. The average Bonchev–Trinajstić information content (AvgIpc) is 3.24. The first kappa shape index (κ1) is 18.9. The molecule has 148 valence electrons. The van der Waals surface area contributed by atoms with Gasteiger partial charge >= 0.3 is 0 Å². The minimum absolute atomic E-state index is 0.0590. The maximum atomic E-state index is 12.6. The van der Waals surface area contributed by atoms with Gasteiger partial charge in [-0.3, -0.25) is 14.6 Å². The predicted molar refractivity (Wildman–Crippen MR) is 106 cm³/mol. The van der Waals surface area contributed by atoms with E-state index in [2.05, 4.69) is 15.3 Å². The van der Waals surface area contributed by atoms with Crippen LogP contribution in [-0.4, -0.2) is 33.2 Å². The molecule has 1 aliphatic rings. The van der Waals surface area contributed by atoms with Crippen LogP contribution in [0.4, 0.5) is 0 Å². The van der Waals surface area contributed by atoms with Crippen LogP contribution in [0.1, 0.15) is 24.2 Å². The largest absolute Gasteiger partial charge is 0.444 e. The Morgan fingerprint density at radius 2 is 1.97 bits per heavy atom. The Kier molecular flexibility index (Phi) is 5.65. The minimum atomic E-state index is -0.239. The van der Waals surface area contributed by atoms with Gasteiger partial charge in [-0.2, -0.15) is 0 Å². The Balaban J connectivity index is 1.32. The fourth-order valence-electron chi connectivity index (χ4n) is 3.39. The molecule has 0 spiro atoms. The van der Waals surface area contributed by atoms with Crippen LogP contribution in [0.2, 0.25) is 0 Å². The molecule has 7 nitrogen and oxygen atoms in total. The molecule has 3 aromatic rings. The summed E-state index contributed by atoms with van der Waals surface area (Å²) in [6, 6.07) is 15.2. The van der Waals surface area contributed by atoms with Gasteiger partial charge in [-0.05, 0) is 30.7 Å². The fourth-order valence-corrected chi connectivity index (χ4v) is 3.39. The number of oxazole rings is 1. The van der Waals surface area contributed by atoms with E-state index in [1.807, 2.05) is 48.5 Å². The number of piperidine rings is 1. The SMILES string of the molecule is O=C(NCc1coc(-c2ccccc2)n1)C1CCC(=O)N(Cc2ccccn2)C1. The smallest absolute Gasteiger partial charge is 0.226 e. The van der Waals surface area contributed by atoms with Gasteiger partial charge in [0, 0.05) is 24.7 Å². The van der Waals surface area contributed by atoms with Crippen LogP contribution >= 0.6 is 0 Å². The summed E-state index contributed by atoms with van der Waals surface area (Å²) >= 11 is 0. The molecule has 1 saturated heterocycles. The van der Waals surface area contributed by atoms with Gasteiger partial charge in [-0.25, -0.2) is 4.98 Å². The fraction of sp³-hybridized carbons (Fsp3) is 0.273. The molecule has 1 atom stereocenters. The van der Waals surface area contributed by atoms with Crippen molar-refractivity contribution in [1.82, 2.24) is 20.2 Å². The first-order valence-corrected chi connectivity index (χ1v) is 9.64. The van der Waals surface area contributed by atoms with E-state index in [1.54, 1.807) is 17.4 Å². The number of benzene rings is 1. The van der Waals surface area contributed by atoms with Gasteiger partial charge in [-0.1, -0.05) is 24.3 Å². The van der Waals surface area contributed by atoms with Crippen molar-refractivity contribution in [3.8, 4) is 11.5 Å². The second-order valence-electron chi connectivity index (χ2n) is 7.06. The molecule has 2 aromatic heterocycles. The van der Waals surface area contributed by atoms with Gasteiger partial charge in [-0.15, -0.1) is 0 Å². The van der Waals surface area contributed by atoms with E-state index in [9.17, 15) is 9.59 Å². The van der Waals surface area contributed by atoms with Crippen molar-refractivity contribution in [1.29, 1.82) is 0 Å². The van der Waals surface area contributed by atoms with Gasteiger partial charge in [0.15, 0.2) is 0 Å². The number of aromatic nitrogens is 2. The van der Waals surface area contributed by atoms with Crippen LogP contribution in [0.5, 0.6) is 0 Å². The van der Waals surface area contributed by atoms with Crippen molar-refractivity contribution in [3.63, 3.8) is 0 Å². The third-order valence-electron chi connectivity index (χ3n) is 4.97. The zero-order valence-corrected chi connectivity index (χ0v) is 16.0. The van der Waals surface area contributed by atoms with E-state index in [4.69, 9.17) is 4.42 Å². The standard InChI is InChI=1S/C22H22N4O3/c27-20-10-9-17(13-26(20)14-18-8-4-5-11-23-18)21(28)24-12-19-15-29-22(25-19)16-6-2-1-3-7-16/h1-8,11,15,17H,9-10,12-14H2,(H,24,28). The molecule has 1 aliphatic heterocycles. The molecule has 1 N–H and O–H groups in total. The summed E-state index contributed by atoms with van der Waals surface area (Å²) in [6.07, 6.45) is 4.18. The van der Waals surface area contributed by atoms with Gasteiger partial charge in [0.25, 0.3) is 0 Å². The lowest BCUT2D eigenvalue weighted by Gasteiger charge is -2.31. The molecule has 7 heteroatoms. The molecular weight excluding hydrogens is 368 g/mol. The van der Waals surface area contributed by atoms with E-state index >= 15 is 0 Å². The lowest BCUT2D eigenvalue weighted by molar-refractivity contribution is -0.139. The van der Waals surface area contributed by atoms with Crippen LogP contribution in [0.15, 0.2) is 65.4 Å². The molecule has 0 bridgehead atoms. The number of hydrogen-bond acceptors (Lipinski definition) is 5. The van der Waals surface area contributed by atoms with Crippen molar-refractivity contribution in [2.24, 2.45) is 5.92 Å². The Morgan fingerprint density at radius 1 is 1.14 bits per heavy atom. The predicted octanol–water partition coefficient (Wildman–Crippen LogP) is 2.79. The maximum Gasteiger partial charge on any atom is 0.226 e. The zero-order valence-electron chi connectivity index (χ0n) is 16.0. The summed E-state index contributed by atoms with van der Waals surface area (Å²) in [5.74, 6) is 0.271. The van der Waals surface area contributed by atoms with E-state index in [1.165, 1.54) is 0 Å². The number of likely N-dealkylation sites (tertiary alicyclic amines) is 1. The normalized spacial score (nSPS) is 16.6. The van der Waals surface area contributed by atoms with E-state index in [-0.39, 0.29) is 17.7 Å². The number of nitrogens with one attached hydrogen (secondary N) is 1. The molecule has 1 fully saturated rings. The Bertz CT molecular complexity index is 972. The molecule has 0 saturated carbocycles. The number of carbonyl (C=O) groups is 2. The molecule has 2 amide bonds. The van der Waals surface area contributed by atoms with Gasteiger partial charge < -0.3 is 14.6 Å². The van der Waals surface area contributed by atoms with Gasteiger partial charge in [0.1, 0.15) is 6.26 Å². The average molecular weight is 390 g/mol. The van der Waals surface area contributed by atoms with Crippen molar-refractivity contribution < 1.29 is 14.0 Å².